The van der Waals surface area contributed by atoms with Crippen molar-refractivity contribution >= 4 is 52.4 Å². The van der Waals surface area contributed by atoms with Crippen LogP contribution in [0.3, 0.4) is 0 Å². The van der Waals surface area contributed by atoms with Crippen molar-refractivity contribution in [3.05, 3.63) is 64.6 Å². The molecule has 2 aliphatic heterocycles. The summed E-state index contributed by atoms with van der Waals surface area (Å²) in [7, 11) is 6.80. The van der Waals surface area contributed by atoms with E-state index in [0.29, 0.717) is 26.2 Å². The Hall–Kier alpha value is -4.90. The summed E-state index contributed by atoms with van der Waals surface area (Å²) in [5, 5.41) is 21.2. The molecule has 3 amide bonds. The van der Waals surface area contributed by atoms with Gasteiger partial charge in [-0.05, 0) is 70.7 Å². The Morgan fingerprint density at radius 1 is 1.12 bits per heavy atom. The topological polar surface area (TPSA) is 167 Å². The van der Waals surface area contributed by atoms with Gasteiger partial charge in [-0.1, -0.05) is 18.5 Å². The first-order valence-electron chi connectivity index (χ1n) is 16.6. The minimum Gasteiger partial charge on any atom is -0.382 e. The molecule has 18 heteroatoms. The van der Waals surface area contributed by atoms with Crippen LogP contribution < -0.4 is 21.3 Å². The number of aromatic nitrogens is 2. The molecular weight excluding hydrogens is 703 g/mol. The molecule has 2 aliphatic rings. The Morgan fingerprint density at radius 3 is 2.33 bits per heavy atom. The van der Waals surface area contributed by atoms with Gasteiger partial charge in [-0.3, -0.25) is 19.8 Å². The number of anilines is 3. The maximum atomic E-state index is 13.9. The number of nitrogens with zero attached hydrogens (tertiary/aromatic N) is 7. The van der Waals surface area contributed by atoms with Crippen molar-refractivity contribution < 1.29 is 27.6 Å². The minimum atomic E-state index is -5.01. The molecule has 2 atom stereocenters. The highest BCUT2D eigenvalue weighted by atomic mass is 35.5. The molecule has 52 heavy (non-hydrogen) atoms. The van der Waals surface area contributed by atoms with Crippen LogP contribution >= 0.6 is 11.6 Å². The molecule has 2 unspecified atom stereocenters. The van der Waals surface area contributed by atoms with Crippen molar-refractivity contribution in [3.63, 3.8) is 0 Å². The Morgan fingerprint density at radius 2 is 1.77 bits per heavy atom. The second-order valence-corrected chi connectivity index (χ2v) is 13.5. The van der Waals surface area contributed by atoms with E-state index in [9.17, 15) is 27.6 Å². The van der Waals surface area contributed by atoms with Crippen molar-refractivity contribution in [2.24, 2.45) is 5.92 Å². The number of allylic oxidation sites excluding steroid dienone is 1. The lowest BCUT2D eigenvalue weighted by Crippen LogP contribution is -2.57. The third-order valence-electron chi connectivity index (χ3n) is 9.25. The van der Waals surface area contributed by atoms with Gasteiger partial charge in [0.15, 0.2) is 11.5 Å². The van der Waals surface area contributed by atoms with E-state index in [0.717, 1.165) is 25.6 Å². The molecule has 14 nitrogen and oxygen atoms in total. The lowest BCUT2D eigenvalue weighted by atomic mass is 10.00. The number of nitrogens with one attached hydrogen (secondary N) is 3. The van der Waals surface area contributed by atoms with Crippen LogP contribution in [0, 0.1) is 11.3 Å². The number of likely N-dealkylation sites (N-methyl/N-ethyl adjacent to an activating group) is 1. The Labute approximate surface area is 305 Å². The van der Waals surface area contributed by atoms with Crippen LogP contribution in [0.25, 0.3) is 0 Å². The molecule has 1 fully saturated rings. The van der Waals surface area contributed by atoms with Gasteiger partial charge < -0.3 is 40.9 Å². The number of carbonyl (C=O) groups is 3. The van der Waals surface area contributed by atoms with Crippen molar-refractivity contribution in [2.75, 3.05) is 76.9 Å². The van der Waals surface area contributed by atoms with E-state index >= 15 is 0 Å². The third-order valence-corrected chi connectivity index (χ3v) is 9.56. The van der Waals surface area contributed by atoms with Crippen LogP contribution in [0.15, 0.2) is 54.0 Å². The van der Waals surface area contributed by atoms with Gasteiger partial charge in [0.05, 0.1) is 16.3 Å². The number of amides is 3. The van der Waals surface area contributed by atoms with Crippen LogP contribution in [0.4, 0.5) is 30.5 Å². The largest absolute Gasteiger partial charge is 0.433 e. The number of rotatable bonds is 12. The molecule has 0 spiro atoms. The molecule has 3 heterocycles. The maximum absolute atomic E-state index is 13.9. The van der Waals surface area contributed by atoms with Crippen molar-refractivity contribution in [2.45, 2.75) is 38.5 Å². The number of piperazine rings is 1. The van der Waals surface area contributed by atoms with Crippen molar-refractivity contribution in [1.82, 2.24) is 35.1 Å². The molecule has 0 radical (unpaired) electrons. The quantitative estimate of drug-likeness (QED) is 0.236. The second-order valence-electron chi connectivity index (χ2n) is 13.1. The summed E-state index contributed by atoms with van der Waals surface area (Å²) in [5.74, 6) is -0.647. The van der Waals surface area contributed by atoms with Crippen molar-refractivity contribution in [3.8, 4) is 0 Å². The average Bonchev–Trinajstić information content (AvgIpc) is 3.40. The smallest absolute Gasteiger partial charge is 0.382 e. The number of benzene rings is 1. The molecular formula is C34H45ClF3N11O3. The highest BCUT2D eigenvalue weighted by Gasteiger charge is 2.46. The van der Waals surface area contributed by atoms with E-state index in [4.69, 9.17) is 22.7 Å². The summed E-state index contributed by atoms with van der Waals surface area (Å²) < 4.78 is 41.6. The highest BCUT2D eigenvalue weighted by Crippen LogP contribution is 2.34. The third kappa shape index (κ3) is 8.93. The van der Waals surface area contributed by atoms with E-state index < -0.39 is 29.0 Å². The lowest BCUT2D eigenvalue weighted by Gasteiger charge is -2.36. The summed E-state index contributed by atoms with van der Waals surface area (Å²) in [5.41, 5.74) is 2.18. The van der Waals surface area contributed by atoms with Crippen molar-refractivity contribution in [1.29, 1.82) is 5.41 Å². The first kappa shape index (κ1) is 39.9. The number of alkyl halides is 3. The number of nitrogen functional groups attached to an aromatic ring is 1. The molecule has 1 aromatic heterocycles. The molecule has 4 rings (SSSR count). The van der Waals surface area contributed by atoms with Gasteiger partial charge >= 0.3 is 6.18 Å². The average molecular weight is 748 g/mol. The SMILES string of the molecule is CCC(CCN(C)C)C(=O)N1CCN(C(=O)c2ccc(NC(=O)C3(C)NC=C(C(=CN(C)c4ccc(N)nn4)C(=N)C(F)(F)F)N3C)cc2Cl)CC1. The van der Waals surface area contributed by atoms with Gasteiger partial charge in [0.1, 0.15) is 11.5 Å². The molecule has 0 saturated carbocycles. The number of halogens is 4. The molecule has 1 aromatic carbocycles. The summed E-state index contributed by atoms with van der Waals surface area (Å²) in [6, 6.07) is 7.31. The summed E-state index contributed by atoms with van der Waals surface area (Å²) >= 11 is 6.54. The van der Waals surface area contributed by atoms with E-state index in [1.165, 1.54) is 67.4 Å². The van der Waals surface area contributed by atoms with Gasteiger partial charge in [0.2, 0.25) is 5.91 Å². The van der Waals surface area contributed by atoms with Crippen LogP contribution in [0.2, 0.25) is 5.02 Å². The molecule has 2 aromatic rings. The van der Waals surface area contributed by atoms with Crippen LogP contribution in [0.1, 0.15) is 37.0 Å². The monoisotopic (exact) mass is 747 g/mol. The fourth-order valence-electron chi connectivity index (χ4n) is 5.81. The van der Waals surface area contributed by atoms with E-state index in [1.807, 2.05) is 21.0 Å². The van der Waals surface area contributed by atoms with Gasteiger partial charge in [-0.25, -0.2) is 0 Å². The molecule has 0 aliphatic carbocycles. The van der Waals surface area contributed by atoms with E-state index in [1.54, 1.807) is 9.80 Å². The molecule has 282 valence electrons. The number of carbonyl (C=O) groups excluding carboxylic acids is 3. The predicted octanol–water partition coefficient (Wildman–Crippen LogP) is 3.61. The summed E-state index contributed by atoms with van der Waals surface area (Å²) in [6.07, 6.45) is -1.20. The predicted molar refractivity (Wildman–Crippen MR) is 194 cm³/mol. The van der Waals surface area contributed by atoms with Crippen LogP contribution in [0.5, 0.6) is 0 Å². The molecule has 0 bridgehead atoms. The lowest BCUT2D eigenvalue weighted by molar-refractivity contribution is -0.137. The second kappa shape index (κ2) is 16.2. The first-order valence-corrected chi connectivity index (χ1v) is 17.0. The molecule has 5 N–H and O–H groups in total. The fraction of sp³-hybridized carbons (Fsp3) is 0.471. The zero-order chi connectivity index (χ0) is 38.5. The number of hydrogen-bond donors (Lipinski definition) is 4. The number of hydrogen-bond acceptors (Lipinski definition) is 11. The fourth-order valence-corrected chi connectivity index (χ4v) is 6.07. The Balaban J connectivity index is 1.43. The maximum Gasteiger partial charge on any atom is 0.433 e. The van der Waals surface area contributed by atoms with Crippen LogP contribution in [-0.2, 0) is 9.59 Å². The zero-order valence-corrected chi connectivity index (χ0v) is 30.8. The summed E-state index contributed by atoms with van der Waals surface area (Å²) in [6.45, 7) is 5.80. The minimum absolute atomic E-state index is 0.0741. The van der Waals surface area contributed by atoms with E-state index in [2.05, 4.69) is 25.7 Å². The Bertz CT molecular complexity index is 1730. The van der Waals surface area contributed by atoms with E-state index in [-0.39, 0.29) is 51.3 Å². The van der Waals surface area contributed by atoms with Gasteiger partial charge in [-0.15, -0.1) is 10.2 Å². The Kier molecular flexibility index (Phi) is 12.4. The number of nitrogens with two attached hydrogens (primary N) is 1. The summed E-state index contributed by atoms with van der Waals surface area (Å²) in [4.78, 5) is 48.2. The standard InChI is InChI=1S/C34H45ClF3N11O3/c1-7-21(12-13-45(3)4)30(50)48-14-16-49(17-15-48)31(51)23-9-8-22(18-25(23)35)42-32(52)33(2)41-19-26(47(33)6)24(29(40)34(36,37)38)20-46(5)28-11-10-27(39)43-44-28/h8-11,18-21,40-41H,7,12-17H2,1-6H3,(H2,39,43)(H,42,52). The zero-order valence-electron chi connectivity index (χ0n) is 30.0. The van der Waals surface area contributed by atoms with Gasteiger partial charge in [0.25, 0.3) is 11.8 Å². The molecule has 1 saturated heterocycles. The van der Waals surface area contributed by atoms with Gasteiger partial charge in [0, 0.05) is 69.9 Å². The first-order chi connectivity index (χ1) is 24.4. The van der Waals surface area contributed by atoms with Gasteiger partial charge in [-0.2, -0.15) is 13.2 Å². The van der Waals surface area contributed by atoms with Crippen LogP contribution in [-0.4, -0.2) is 126 Å². The highest BCUT2D eigenvalue weighted by molar-refractivity contribution is 6.34. The normalized spacial score (nSPS) is 18.6.